The molecular formula is C50H35NO. The van der Waals surface area contributed by atoms with Crippen LogP contribution in [0.2, 0.25) is 0 Å². The lowest BCUT2D eigenvalue weighted by Gasteiger charge is -2.28. The van der Waals surface area contributed by atoms with Crippen LogP contribution < -0.4 is 4.90 Å². The summed E-state index contributed by atoms with van der Waals surface area (Å²) in [6.07, 6.45) is 0. The predicted octanol–water partition coefficient (Wildman–Crippen LogP) is 14.2. The van der Waals surface area contributed by atoms with Gasteiger partial charge in [0.1, 0.15) is 11.3 Å². The highest BCUT2D eigenvalue weighted by Crippen LogP contribution is 2.43. The maximum Gasteiger partial charge on any atom is 0.136 e. The Balaban J connectivity index is 1.14. The molecule has 0 aliphatic rings. The summed E-state index contributed by atoms with van der Waals surface area (Å²) in [6, 6.07) is 75.2. The molecule has 2 heteroatoms. The molecule has 0 fully saturated rings. The Kier molecular flexibility index (Phi) is 8.24. The van der Waals surface area contributed by atoms with E-state index in [4.69, 9.17) is 4.42 Å². The zero-order valence-electron chi connectivity index (χ0n) is 28.6. The first kappa shape index (κ1) is 31.1. The summed E-state index contributed by atoms with van der Waals surface area (Å²) in [5.41, 5.74) is 14.7. The van der Waals surface area contributed by atoms with Crippen LogP contribution in [0.25, 0.3) is 66.8 Å². The molecule has 9 rings (SSSR count). The van der Waals surface area contributed by atoms with Crippen molar-refractivity contribution in [3.05, 3.63) is 212 Å². The molecule has 0 saturated heterocycles. The van der Waals surface area contributed by atoms with E-state index in [9.17, 15) is 0 Å². The third-order valence-electron chi connectivity index (χ3n) is 9.73. The van der Waals surface area contributed by atoms with Crippen molar-refractivity contribution in [1.29, 1.82) is 0 Å². The van der Waals surface area contributed by atoms with Gasteiger partial charge in [0, 0.05) is 27.9 Å². The van der Waals surface area contributed by atoms with Gasteiger partial charge in [0.15, 0.2) is 0 Å². The van der Waals surface area contributed by atoms with Gasteiger partial charge in [0.05, 0.1) is 5.69 Å². The highest BCUT2D eigenvalue weighted by Gasteiger charge is 2.19. The van der Waals surface area contributed by atoms with Gasteiger partial charge in [-0.25, -0.2) is 0 Å². The van der Waals surface area contributed by atoms with Crippen LogP contribution in [0.4, 0.5) is 17.1 Å². The molecule has 0 saturated carbocycles. The summed E-state index contributed by atoms with van der Waals surface area (Å²) >= 11 is 0. The monoisotopic (exact) mass is 665 g/mol. The number of rotatable bonds is 8. The van der Waals surface area contributed by atoms with Gasteiger partial charge in [-0.05, 0) is 81.4 Å². The minimum absolute atomic E-state index is 0.869. The third kappa shape index (κ3) is 5.97. The van der Waals surface area contributed by atoms with E-state index in [1.54, 1.807) is 0 Å². The molecule has 0 bridgehead atoms. The second kappa shape index (κ2) is 13.8. The molecule has 0 unspecified atom stereocenters. The number of anilines is 3. The fourth-order valence-corrected chi connectivity index (χ4v) is 7.21. The summed E-state index contributed by atoms with van der Waals surface area (Å²) in [5.74, 6) is 0.869. The normalized spacial score (nSPS) is 11.1. The molecule has 246 valence electrons. The van der Waals surface area contributed by atoms with E-state index in [0.717, 1.165) is 50.5 Å². The lowest BCUT2D eigenvalue weighted by molar-refractivity contribution is 0.632. The maximum atomic E-state index is 6.31. The van der Waals surface area contributed by atoms with E-state index in [1.165, 1.54) is 33.4 Å². The van der Waals surface area contributed by atoms with Crippen molar-refractivity contribution in [2.75, 3.05) is 4.90 Å². The fraction of sp³-hybridized carbons (Fsp3) is 0. The van der Waals surface area contributed by atoms with Crippen molar-refractivity contribution in [3.63, 3.8) is 0 Å². The number of fused-ring (bicyclic) bond motifs is 1. The molecule has 1 aromatic heterocycles. The number of furan rings is 1. The lowest BCUT2D eigenvalue weighted by Crippen LogP contribution is -2.11. The zero-order chi connectivity index (χ0) is 34.7. The Bertz CT molecular complexity index is 2570. The summed E-state index contributed by atoms with van der Waals surface area (Å²) in [6.45, 7) is 0. The summed E-state index contributed by atoms with van der Waals surface area (Å²) < 4.78 is 6.31. The van der Waals surface area contributed by atoms with Gasteiger partial charge in [-0.2, -0.15) is 0 Å². The van der Waals surface area contributed by atoms with Gasteiger partial charge in [-0.3, -0.25) is 0 Å². The molecule has 9 aromatic rings. The zero-order valence-corrected chi connectivity index (χ0v) is 28.6. The molecule has 2 nitrogen and oxygen atoms in total. The van der Waals surface area contributed by atoms with Crippen LogP contribution in [0, 0.1) is 0 Å². The highest BCUT2D eigenvalue weighted by molar-refractivity contribution is 5.92. The average molecular weight is 666 g/mol. The largest absolute Gasteiger partial charge is 0.456 e. The molecule has 8 aromatic carbocycles. The summed E-state index contributed by atoms with van der Waals surface area (Å²) in [5, 5.41) is 1.10. The molecule has 0 radical (unpaired) electrons. The van der Waals surface area contributed by atoms with E-state index in [2.05, 4.69) is 199 Å². The Morgan fingerprint density at radius 2 is 0.712 bits per heavy atom. The number of benzene rings is 8. The van der Waals surface area contributed by atoms with Crippen LogP contribution in [-0.2, 0) is 0 Å². The van der Waals surface area contributed by atoms with E-state index in [0.29, 0.717) is 0 Å². The first-order valence-corrected chi connectivity index (χ1v) is 17.7. The highest BCUT2D eigenvalue weighted by atomic mass is 16.3. The maximum absolute atomic E-state index is 6.31. The molecule has 0 N–H and O–H groups in total. The van der Waals surface area contributed by atoms with E-state index in [-0.39, 0.29) is 0 Å². The predicted molar refractivity (Wildman–Crippen MR) is 218 cm³/mol. The Morgan fingerprint density at radius 1 is 0.308 bits per heavy atom. The van der Waals surface area contributed by atoms with Crippen LogP contribution in [0.1, 0.15) is 0 Å². The first-order chi connectivity index (χ1) is 25.8. The molecular weight excluding hydrogens is 631 g/mol. The summed E-state index contributed by atoms with van der Waals surface area (Å²) in [7, 11) is 0. The molecule has 0 atom stereocenters. The van der Waals surface area contributed by atoms with Crippen molar-refractivity contribution in [1.82, 2.24) is 0 Å². The van der Waals surface area contributed by atoms with E-state index >= 15 is 0 Å². The van der Waals surface area contributed by atoms with Gasteiger partial charge in [-0.15, -0.1) is 0 Å². The smallest absolute Gasteiger partial charge is 0.136 e. The second-order valence-electron chi connectivity index (χ2n) is 12.9. The summed E-state index contributed by atoms with van der Waals surface area (Å²) in [4.78, 5) is 2.37. The van der Waals surface area contributed by atoms with E-state index in [1.807, 2.05) is 18.2 Å². The van der Waals surface area contributed by atoms with Crippen molar-refractivity contribution in [3.8, 4) is 55.8 Å². The Labute approximate surface area is 304 Å². The van der Waals surface area contributed by atoms with Crippen LogP contribution in [0.15, 0.2) is 217 Å². The topological polar surface area (TPSA) is 16.4 Å². The molecule has 0 aliphatic heterocycles. The molecule has 0 amide bonds. The first-order valence-electron chi connectivity index (χ1n) is 17.7. The third-order valence-corrected chi connectivity index (χ3v) is 9.73. The van der Waals surface area contributed by atoms with Gasteiger partial charge in [-0.1, -0.05) is 170 Å². The van der Waals surface area contributed by atoms with Crippen molar-refractivity contribution >= 4 is 28.0 Å². The lowest BCUT2D eigenvalue weighted by atomic mass is 9.94. The number of nitrogens with zero attached hydrogens (tertiary/aromatic N) is 1. The number of para-hydroxylation sites is 2. The number of hydrogen-bond acceptors (Lipinski definition) is 2. The number of hydrogen-bond donors (Lipinski definition) is 0. The molecule has 0 spiro atoms. The Hall–Kier alpha value is -6.90. The Morgan fingerprint density at radius 3 is 1.27 bits per heavy atom. The van der Waals surface area contributed by atoms with E-state index < -0.39 is 0 Å². The van der Waals surface area contributed by atoms with Crippen molar-refractivity contribution < 1.29 is 4.42 Å². The van der Waals surface area contributed by atoms with Gasteiger partial charge in [0.2, 0.25) is 0 Å². The second-order valence-corrected chi connectivity index (χ2v) is 12.9. The standard InChI is InChI=1S/C50H35NO/c1-3-15-36(16-4-1)43-20-8-9-21-44(43)38-27-31-41(32-28-38)51(48-25-13-12-23-46(48)37-17-5-2-6-18-37)42-33-29-39(30-34-42)45-22-10-11-24-47(45)50-35-40-19-7-14-26-49(40)52-50/h1-35H. The van der Waals surface area contributed by atoms with Gasteiger partial charge >= 0.3 is 0 Å². The molecule has 0 aliphatic carbocycles. The van der Waals surface area contributed by atoms with Crippen LogP contribution >= 0.6 is 0 Å². The fourth-order valence-electron chi connectivity index (χ4n) is 7.21. The minimum Gasteiger partial charge on any atom is -0.456 e. The van der Waals surface area contributed by atoms with Gasteiger partial charge in [0.25, 0.3) is 0 Å². The van der Waals surface area contributed by atoms with Crippen molar-refractivity contribution in [2.24, 2.45) is 0 Å². The van der Waals surface area contributed by atoms with Crippen LogP contribution in [0.3, 0.4) is 0 Å². The van der Waals surface area contributed by atoms with Crippen molar-refractivity contribution in [2.45, 2.75) is 0 Å². The van der Waals surface area contributed by atoms with Gasteiger partial charge < -0.3 is 9.32 Å². The van der Waals surface area contributed by atoms with Crippen LogP contribution in [-0.4, -0.2) is 0 Å². The molecule has 1 heterocycles. The minimum atomic E-state index is 0.869. The average Bonchev–Trinajstić information content (AvgIpc) is 3.67. The van der Waals surface area contributed by atoms with Crippen LogP contribution in [0.5, 0.6) is 0 Å². The molecule has 52 heavy (non-hydrogen) atoms. The quantitative estimate of drug-likeness (QED) is 0.161. The SMILES string of the molecule is c1ccc(-c2ccccc2-c2ccc(N(c3ccc(-c4ccccc4-c4cc5ccccc5o4)cc3)c3ccccc3-c3ccccc3)cc2)cc1.